The maximum Gasteiger partial charge on any atom is 0.446 e. The highest BCUT2D eigenvalue weighted by molar-refractivity contribution is 7.74. The number of aliphatic hydroxyl groups excluding tert-OH is 1. The van der Waals surface area contributed by atoms with Gasteiger partial charge in [0.15, 0.2) is 5.41 Å². The van der Waals surface area contributed by atoms with Gasteiger partial charge in [0, 0.05) is 14.2 Å². The number of aliphatic hydroxyl groups is 1. The number of hydrogen-bond donors (Lipinski definition) is 1. The molecule has 0 aliphatic heterocycles. The maximum absolute atomic E-state index is 12.7. The minimum absolute atomic E-state index is 0.116. The molecule has 0 aromatic rings. The Labute approximate surface area is 149 Å². The van der Waals surface area contributed by atoms with Gasteiger partial charge in [-0.2, -0.15) is 4.79 Å². The van der Waals surface area contributed by atoms with Crippen LogP contribution in [0.4, 0.5) is 0 Å². The molecule has 0 amide bonds. The van der Waals surface area contributed by atoms with Crippen LogP contribution in [0.3, 0.4) is 0 Å². The third-order valence-corrected chi connectivity index (χ3v) is 6.23. The number of ether oxygens (including phenoxy) is 2. The van der Waals surface area contributed by atoms with Gasteiger partial charge in [0.05, 0.1) is 26.2 Å². The molecule has 0 unspecified atom stereocenters. The van der Waals surface area contributed by atoms with E-state index in [4.69, 9.17) is 5.53 Å². The first-order valence-corrected chi connectivity index (χ1v) is 9.05. The van der Waals surface area contributed by atoms with E-state index in [1.54, 1.807) is 0 Å². The van der Waals surface area contributed by atoms with Crippen LogP contribution in [0.2, 0.25) is 0 Å². The molecule has 1 aliphatic rings. The monoisotopic (exact) mass is 392 g/mol. The molecule has 0 bridgehead atoms. The first-order valence-electron chi connectivity index (χ1n) is 7.50. The molecule has 0 aromatic heterocycles. The molecule has 1 fully saturated rings. The normalized spacial score (nSPS) is 22.0. The van der Waals surface area contributed by atoms with Gasteiger partial charge in [0.1, 0.15) is 0 Å². The number of carbonyl (C=O) groups is 3. The topological polar surface area (TPSA) is 162 Å². The highest BCUT2D eigenvalue weighted by Gasteiger charge is 2.58. The lowest BCUT2D eigenvalue weighted by molar-refractivity contribution is -0.175. The quantitative estimate of drug-likeness (QED) is 0.159. The predicted octanol–water partition coefficient (Wildman–Crippen LogP) is 0.163. The second-order valence-corrected chi connectivity index (χ2v) is 7.78. The third-order valence-electron chi connectivity index (χ3n) is 4.44. The van der Waals surface area contributed by atoms with Crippen LogP contribution in [-0.2, 0) is 37.5 Å². The van der Waals surface area contributed by atoms with Crippen molar-refractivity contribution in [3.63, 3.8) is 0 Å². The Morgan fingerprint density at radius 3 is 2.00 bits per heavy atom. The second kappa shape index (κ2) is 8.66. The molecule has 11 nitrogen and oxygen atoms in total. The molecule has 0 aromatic carbocycles. The lowest BCUT2D eigenvalue weighted by atomic mass is 9.67. The Hall–Kier alpha value is -1.90. The van der Waals surface area contributed by atoms with Crippen molar-refractivity contribution in [1.82, 2.24) is 0 Å². The van der Waals surface area contributed by atoms with E-state index in [-0.39, 0.29) is 12.8 Å². The van der Waals surface area contributed by atoms with Crippen LogP contribution in [0, 0.1) is 11.3 Å². The van der Waals surface area contributed by atoms with Gasteiger partial charge in [-0.15, -0.1) is 0 Å². The number of ketones is 1. The van der Waals surface area contributed by atoms with Crippen molar-refractivity contribution in [2.75, 3.05) is 28.4 Å². The molecule has 1 saturated carbocycles. The fourth-order valence-electron chi connectivity index (χ4n) is 2.97. The fourth-order valence-corrected chi connectivity index (χ4v) is 4.01. The van der Waals surface area contributed by atoms with Crippen molar-refractivity contribution < 1.29 is 47.4 Å². The third kappa shape index (κ3) is 3.77. The van der Waals surface area contributed by atoms with Crippen LogP contribution in [0.1, 0.15) is 19.3 Å². The molecule has 1 aliphatic carbocycles. The number of nitrogens with zero attached hydrogens (tertiary/aromatic N) is 2. The minimum atomic E-state index is -4.24. The number of hydrogen-bond acceptors (Lipinski definition) is 9. The van der Waals surface area contributed by atoms with E-state index in [9.17, 15) is 24.1 Å². The summed E-state index contributed by atoms with van der Waals surface area (Å²) in [5.41, 5.74) is 6.35. The van der Waals surface area contributed by atoms with Crippen molar-refractivity contribution in [3.8, 4) is 0 Å². The van der Waals surface area contributed by atoms with Crippen LogP contribution >= 0.6 is 7.60 Å². The predicted molar refractivity (Wildman–Crippen MR) is 85.1 cm³/mol. The zero-order valence-corrected chi connectivity index (χ0v) is 15.7. The fraction of sp³-hybridized carbons (Fsp3) is 0.714. The van der Waals surface area contributed by atoms with E-state index in [2.05, 4.69) is 23.3 Å². The Morgan fingerprint density at radius 2 is 1.62 bits per heavy atom. The molecule has 0 saturated heterocycles. The second-order valence-electron chi connectivity index (χ2n) is 5.63. The number of Topliss-reactive ketones (excluding diaryl/α,β-unsaturated/α-hetero) is 1. The molecule has 1 N–H and O–H groups in total. The molecule has 0 heterocycles. The molecule has 1 rings (SSSR count). The summed E-state index contributed by atoms with van der Waals surface area (Å²) in [6.45, 7) is 0. The molecular formula is C14H21N2O9P. The zero-order chi connectivity index (χ0) is 20.1. The number of methoxy groups -OCH3 is 2. The van der Waals surface area contributed by atoms with Crippen molar-refractivity contribution in [2.24, 2.45) is 11.3 Å². The summed E-state index contributed by atoms with van der Waals surface area (Å²) in [7, 11) is -0.140. The van der Waals surface area contributed by atoms with Gasteiger partial charge in [-0.3, -0.25) is 14.4 Å². The average Bonchev–Trinajstić information content (AvgIpc) is 2.67. The summed E-state index contributed by atoms with van der Waals surface area (Å²) >= 11 is 0. The first kappa shape index (κ1) is 22.1. The molecular weight excluding hydrogens is 371 g/mol. The van der Waals surface area contributed by atoms with Crippen LogP contribution in [0.5, 0.6) is 0 Å². The number of esters is 2. The Balaban J connectivity index is 3.35. The van der Waals surface area contributed by atoms with Crippen molar-refractivity contribution in [1.29, 1.82) is 0 Å². The van der Waals surface area contributed by atoms with Crippen LogP contribution in [0.25, 0.3) is 5.53 Å². The summed E-state index contributed by atoms with van der Waals surface area (Å²) in [6, 6.07) is 0. The van der Waals surface area contributed by atoms with Gasteiger partial charge >= 0.3 is 25.0 Å². The molecule has 12 heteroatoms. The van der Waals surface area contributed by atoms with E-state index in [1.807, 2.05) is 0 Å². The van der Waals surface area contributed by atoms with Gasteiger partial charge < -0.3 is 29.2 Å². The van der Waals surface area contributed by atoms with Crippen molar-refractivity contribution >= 4 is 30.8 Å². The Bertz CT molecular complexity index is 662. The lowest BCUT2D eigenvalue weighted by Crippen LogP contribution is -2.51. The summed E-state index contributed by atoms with van der Waals surface area (Å²) in [5, 5.41) is 10.2. The number of rotatable bonds is 7. The molecule has 0 radical (unpaired) electrons. The molecule has 146 valence electrons. The summed E-state index contributed by atoms with van der Waals surface area (Å²) in [6.07, 6.45) is -2.01. The Kier molecular flexibility index (Phi) is 7.37. The van der Waals surface area contributed by atoms with Crippen molar-refractivity contribution in [3.05, 3.63) is 5.53 Å². The smallest absolute Gasteiger partial charge is 0.446 e. The van der Waals surface area contributed by atoms with Gasteiger partial charge in [0.2, 0.25) is 0 Å². The first-order chi connectivity index (χ1) is 12.2. The van der Waals surface area contributed by atoms with E-state index in [0.717, 1.165) is 28.4 Å². The van der Waals surface area contributed by atoms with Gasteiger partial charge in [-0.05, 0) is 19.3 Å². The standard InChI is InChI=1S/C14H21N2O9P/c1-22-12(19)14(13(20)23-2)6-5-9(17)8(7-14)10(18)11(16-15)26(21,24-3)25-4/h8-9,17H,5-7H2,1-4H3/t8-,9+/m0/s1. The summed E-state index contributed by atoms with van der Waals surface area (Å²) in [5.74, 6) is -4.34. The molecule has 26 heavy (non-hydrogen) atoms. The van der Waals surface area contributed by atoms with E-state index in [1.165, 1.54) is 0 Å². The minimum Gasteiger partial charge on any atom is -0.468 e. The molecule has 0 spiro atoms. The highest BCUT2D eigenvalue weighted by atomic mass is 31.2. The average molecular weight is 392 g/mol. The lowest BCUT2D eigenvalue weighted by Gasteiger charge is -2.37. The van der Waals surface area contributed by atoms with Crippen LogP contribution in [0.15, 0.2) is 0 Å². The van der Waals surface area contributed by atoms with E-state index < -0.39 is 54.6 Å². The van der Waals surface area contributed by atoms with Crippen LogP contribution in [-0.4, -0.2) is 67.6 Å². The van der Waals surface area contributed by atoms with Gasteiger partial charge in [0.25, 0.3) is 5.78 Å². The molecule has 2 atom stereocenters. The maximum atomic E-state index is 12.7. The number of carbonyl (C=O) groups excluding carboxylic acids is 3. The SMILES string of the molecule is COC(=O)C1(C(=O)OC)CC[C@@H](O)[C@@H](C(=O)C(=[N+]=[N-])P(=O)(OC)OC)C1. The Morgan fingerprint density at radius 1 is 1.12 bits per heavy atom. The highest BCUT2D eigenvalue weighted by Crippen LogP contribution is 2.50. The van der Waals surface area contributed by atoms with Crippen LogP contribution < -0.4 is 0 Å². The zero-order valence-electron chi connectivity index (χ0n) is 14.8. The summed E-state index contributed by atoms with van der Waals surface area (Å²) in [4.78, 5) is 39.9. The summed E-state index contributed by atoms with van der Waals surface area (Å²) < 4.78 is 31.0. The van der Waals surface area contributed by atoms with E-state index in [0.29, 0.717) is 0 Å². The van der Waals surface area contributed by atoms with Crippen molar-refractivity contribution in [2.45, 2.75) is 25.4 Å². The van der Waals surface area contributed by atoms with E-state index >= 15 is 0 Å². The van der Waals surface area contributed by atoms with Gasteiger partial charge in [-0.1, -0.05) is 0 Å². The largest absolute Gasteiger partial charge is 0.468 e. The van der Waals surface area contributed by atoms with Gasteiger partial charge in [-0.25, -0.2) is 4.57 Å².